The molecule has 0 radical (unpaired) electrons. The maximum atomic E-state index is 12.0. The van der Waals surface area contributed by atoms with Crippen molar-refractivity contribution < 1.29 is 13.5 Å². The highest BCUT2D eigenvalue weighted by molar-refractivity contribution is 7.92. The van der Waals surface area contributed by atoms with E-state index in [2.05, 4.69) is 9.80 Å². The Kier molecular flexibility index (Phi) is 5.58. The Morgan fingerprint density at radius 1 is 1.00 bits per heavy atom. The van der Waals surface area contributed by atoms with Crippen molar-refractivity contribution >= 4 is 9.84 Å². The average Bonchev–Trinajstić information content (AvgIpc) is 2.27. The zero-order valence-corrected chi connectivity index (χ0v) is 12.5. The third-order valence-corrected chi connectivity index (χ3v) is 6.08. The molecule has 5 nitrogen and oxygen atoms in total. The van der Waals surface area contributed by atoms with Crippen molar-refractivity contribution in [2.45, 2.75) is 25.5 Å². The summed E-state index contributed by atoms with van der Waals surface area (Å²) in [6, 6.07) is 0. The fourth-order valence-electron chi connectivity index (χ4n) is 1.93. The zero-order chi connectivity index (χ0) is 13.8. The number of nitrogens with zero attached hydrogens (tertiary/aromatic N) is 2. The number of rotatable bonds is 5. The van der Waals surface area contributed by atoms with Gasteiger partial charge < -0.3 is 5.11 Å². The second-order valence-corrected chi connectivity index (χ2v) is 8.70. The molecule has 6 heteroatoms. The summed E-state index contributed by atoms with van der Waals surface area (Å²) in [5.41, 5.74) is 0. The number of aliphatic hydroxyl groups excluding tert-OH is 1. The molecule has 0 aliphatic carbocycles. The van der Waals surface area contributed by atoms with E-state index in [1.807, 2.05) is 0 Å². The van der Waals surface area contributed by atoms with E-state index in [9.17, 15) is 8.42 Å². The van der Waals surface area contributed by atoms with Crippen LogP contribution in [0.2, 0.25) is 0 Å². The number of piperazine rings is 1. The average molecular weight is 278 g/mol. The molecule has 1 aliphatic rings. The van der Waals surface area contributed by atoms with Gasteiger partial charge in [0, 0.05) is 39.3 Å². The van der Waals surface area contributed by atoms with Crippen molar-refractivity contribution in [1.29, 1.82) is 0 Å². The third-order valence-electron chi connectivity index (χ3n) is 3.49. The Morgan fingerprint density at radius 3 is 1.83 bits per heavy atom. The Morgan fingerprint density at radius 2 is 1.44 bits per heavy atom. The molecular formula is C12H26N2O3S. The van der Waals surface area contributed by atoms with Crippen molar-refractivity contribution in [3.8, 4) is 0 Å². The normalized spacial score (nSPS) is 20.2. The van der Waals surface area contributed by atoms with Gasteiger partial charge in [-0.2, -0.15) is 0 Å². The highest BCUT2D eigenvalue weighted by Crippen LogP contribution is 2.16. The van der Waals surface area contributed by atoms with E-state index in [1.54, 1.807) is 20.8 Å². The topological polar surface area (TPSA) is 60.9 Å². The molecule has 1 heterocycles. The molecule has 1 aliphatic heterocycles. The van der Waals surface area contributed by atoms with E-state index in [0.717, 1.165) is 26.2 Å². The quantitative estimate of drug-likeness (QED) is 0.755. The van der Waals surface area contributed by atoms with Crippen molar-refractivity contribution in [3.63, 3.8) is 0 Å². The van der Waals surface area contributed by atoms with Crippen LogP contribution in [0.3, 0.4) is 0 Å². The van der Waals surface area contributed by atoms with Crippen molar-refractivity contribution in [1.82, 2.24) is 9.80 Å². The monoisotopic (exact) mass is 278 g/mol. The lowest BCUT2D eigenvalue weighted by Crippen LogP contribution is -2.48. The molecule has 1 fully saturated rings. The first-order valence-corrected chi connectivity index (χ1v) is 8.19. The molecule has 0 atom stereocenters. The van der Waals surface area contributed by atoms with Crippen LogP contribution in [0.1, 0.15) is 20.8 Å². The van der Waals surface area contributed by atoms with Gasteiger partial charge in [0.05, 0.1) is 17.1 Å². The zero-order valence-electron chi connectivity index (χ0n) is 11.7. The van der Waals surface area contributed by atoms with Crippen LogP contribution in [0, 0.1) is 0 Å². The Balaban J connectivity index is 2.35. The minimum Gasteiger partial charge on any atom is -0.395 e. The van der Waals surface area contributed by atoms with Gasteiger partial charge in [-0.05, 0) is 20.8 Å². The second-order valence-electron chi connectivity index (χ2n) is 5.84. The summed E-state index contributed by atoms with van der Waals surface area (Å²) >= 11 is 0. The van der Waals surface area contributed by atoms with Crippen molar-refractivity contribution in [2.75, 3.05) is 51.6 Å². The van der Waals surface area contributed by atoms with Crippen LogP contribution in [0.15, 0.2) is 0 Å². The number of hydrogen-bond donors (Lipinski definition) is 1. The summed E-state index contributed by atoms with van der Waals surface area (Å²) in [7, 11) is -3.02. The molecule has 0 bridgehead atoms. The van der Waals surface area contributed by atoms with Crippen LogP contribution in [-0.4, -0.2) is 79.7 Å². The summed E-state index contributed by atoms with van der Waals surface area (Å²) in [4.78, 5) is 4.39. The maximum absolute atomic E-state index is 12.0. The number of β-amino-alcohol motifs (C(OH)–C–C–N with tert-alkyl or cyclic N) is 1. The minimum absolute atomic E-state index is 0.193. The summed E-state index contributed by atoms with van der Waals surface area (Å²) < 4.78 is 23.3. The highest BCUT2D eigenvalue weighted by atomic mass is 32.2. The molecule has 0 spiro atoms. The van der Waals surface area contributed by atoms with Crippen LogP contribution >= 0.6 is 0 Å². The smallest absolute Gasteiger partial charge is 0.156 e. The van der Waals surface area contributed by atoms with E-state index in [1.165, 1.54) is 0 Å². The molecule has 1 saturated heterocycles. The number of aliphatic hydroxyl groups is 1. The largest absolute Gasteiger partial charge is 0.395 e. The van der Waals surface area contributed by atoms with Gasteiger partial charge in [0.1, 0.15) is 0 Å². The van der Waals surface area contributed by atoms with Crippen LogP contribution in [0.5, 0.6) is 0 Å². The molecule has 1 rings (SSSR count). The summed E-state index contributed by atoms with van der Waals surface area (Å²) in [6.45, 7) is 10.4. The molecule has 1 N–H and O–H groups in total. The predicted octanol–water partition coefficient (Wildman–Crippen LogP) is -0.190. The first kappa shape index (κ1) is 15.9. The molecule has 0 unspecified atom stereocenters. The van der Waals surface area contributed by atoms with Crippen LogP contribution in [0.4, 0.5) is 0 Å². The Hall–Kier alpha value is -0.170. The van der Waals surface area contributed by atoms with E-state index in [0.29, 0.717) is 13.1 Å². The SMILES string of the molecule is CC(C)(C)S(=O)(=O)CCN1CCN(CCO)CC1. The lowest BCUT2D eigenvalue weighted by Gasteiger charge is -2.34. The van der Waals surface area contributed by atoms with Gasteiger partial charge >= 0.3 is 0 Å². The maximum Gasteiger partial charge on any atom is 0.156 e. The van der Waals surface area contributed by atoms with Gasteiger partial charge in [-0.3, -0.25) is 9.80 Å². The van der Waals surface area contributed by atoms with Gasteiger partial charge in [0.25, 0.3) is 0 Å². The van der Waals surface area contributed by atoms with E-state index < -0.39 is 14.6 Å². The Labute approximate surface area is 111 Å². The van der Waals surface area contributed by atoms with Gasteiger partial charge in [-0.25, -0.2) is 8.42 Å². The minimum atomic E-state index is -3.02. The van der Waals surface area contributed by atoms with Gasteiger partial charge in [-0.15, -0.1) is 0 Å². The van der Waals surface area contributed by atoms with Crippen molar-refractivity contribution in [2.24, 2.45) is 0 Å². The van der Waals surface area contributed by atoms with Crippen LogP contribution in [0.25, 0.3) is 0 Å². The second kappa shape index (κ2) is 6.32. The summed E-state index contributed by atoms with van der Waals surface area (Å²) in [6.07, 6.45) is 0. The molecule has 0 aromatic rings. The van der Waals surface area contributed by atoms with Gasteiger partial charge in [0.15, 0.2) is 9.84 Å². The number of sulfone groups is 1. The third kappa shape index (κ3) is 4.50. The predicted molar refractivity (Wildman–Crippen MR) is 73.5 cm³/mol. The first-order valence-electron chi connectivity index (χ1n) is 6.54. The van der Waals surface area contributed by atoms with Gasteiger partial charge in [0.2, 0.25) is 0 Å². The fourth-order valence-corrected chi connectivity index (χ4v) is 3.04. The lowest BCUT2D eigenvalue weighted by atomic mass is 10.3. The summed E-state index contributed by atoms with van der Waals surface area (Å²) in [5, 5.41) is 8.85. The molecular weight excluding hydrogens is 252 g/mol. The van der Waals surface area contributed by atoms with E-state index >= 15 is 0 Å². The Bertz CT molecular complexity index is 341. The van der Waals surface area contributed by atoms with Crippen LogP contribution in [-0.2, 0) is 9.84 Å². The van der Waals surface area contributed by atoms with E-state index in [-0.39, 0.29) is 12.4 Å². The van der Waals surface area contributed by atoms with Crippen LogP contribution < -0.4 is 0 Å². The molecule has 0 aromatic heterocycles. The van der Waals surface area contributed by atoms with E-state index in [4.69, 9.17) is 5.11 Å². The molecule has 18 heavy (non-hydrogen) atoms. The highest BCUT2D eigenvalue weighted by Gasteiger charge is 2.29. The number of hydrogen-bond acceptors (Lipinski definition) is 5. The lowest BCUT2D eigenvalue weighted by molar-refractivity contribution is 0.116. The molecule has 0 amide bonds. The first-order chi connectivity index (χ1) is 8.26. The fraction of sp³-hybridized carbons (Fsp3) is 1.00. The van der Waals surface area contributed by atoms with Gasteiger partial charge in [-0.1, -0.05) is 0 Å². The molecule has 0 saturated carbocycles. The molecule has 0 aromatic carbocycles. The van der Waals surface area contributed by atoms with Crippen molar-refractivity contribution in [3.05, 3.63) is 0 Å². The standard InChI is InChI=1S/C12H26N2O3S/c1-12(2,3)18(16,17)11-9-14-6-4-13(5-7-14)8-10-15/h15H,4-11H2,1-3H3. The molecule has 108 valence electrons. The summed E-state index contributed by atoms with van der Waals surface area (Å²) in [5.74, 6) is 0.233.